The first-order valence-electron chi connectivity index (χ1n) is 6.24. The highest BCUT2D eigenvalue weighted by Gasteiger charge is 2.25. The standard InChI is InChI=1S/C14H20O3S/c1-10(2)14(3,15)9-18-11-4-5-12-13(8-11)17-7-6-16-12/h4-5,8,10,15H,6-7,9H2,1-3H3. The topological polar surface area (TPSA) is 38.7 Å². The molecule has 0 saturated carbocycles. The molecular formula is C14H20O3S. The Morgan fingerprint density at radius 1 is 1.28 bits per heavy atom. The molecule has 0 spiro atoms. The first-order valence-corrected chi connectivity index (χ1v) is 7.22. The molecule has 0 saturated heterocycles. The number of fused-ring (bicyclic) bond motifs is 1. The largest absolute Gasteiger partial charge is 0.486 e. The van der Waals surface area contributed by atoms with Crippen LogP contribution in [0.25, 0.3) is 0 Å². The zero-order valence-corrected chi connectivity index (χ0v) is 11.9. The highest BCUT2D eigenvalue weighted by Crippen LogP contribution is 2.35. The second kappa shape index (κ2) is 5.41. The van der Waals surface area contributed by atoms with Gasteiger partial charge in [-0.1, -0.05) is 13.8 Å². The zero-order valence-electron chi connectivity index (χ0n) is 11.1. The van der Waals surface area contributed by atoms with Crippen LogP contribution >= 0.6 is 11.8 Å². The Bertz CT molecular complexity index is 416. The molecule has 1 aromatic carbocycles. The van der Waals surface area contributed by atoms with E-state index in [1.54, 1.807) is 11.8 Å². The van der Waals surface area contributed by atoms with Gasteiger partial charge in [-0.2, -0.15) is 0 Å². The monoisotopic (exact) mass is 268 g/mol. The molecule has 1 aliphatic heterocycles. The predicted molar refractivity (Wildman–Crippen MR) is 73.6 cm³/mol. The lowest BCUT2D eigenvalue weighted by molar-refractivity contribution is 0.0376. The highest BCUT2D eigenvalue weighted by atomic mass is 32.2. The van der Waals surface area contributed by atoms with Crippen molar-refractivity contribution in [3.8, 4) is 11.5 Å². The maximum Gasteiger partial charge on any atom is 0.162 e. The van der Waals surface area contributed by atoms with Crippen molar-refractivity contribution in [1.82, 2.24) is 0 Å². The molecule has 4 heteroatoms. The minimum atomic E-state index is -0.655. The van der Waals surface area contributed by atoms with Crippen molar-refractivity contribution >= 4 is 11.8 Å². The fourth-order valence-electron chi connectivity index (χ4n) is 1.51. The molecule has 0 fully saturated rings. The van der Waals surface area contributed by atoms with Crippen molar-refractivity contribution in [3.63, 3.8) is 0 Å². The smallest absolute Gasteiger partial charge is 0.162 e. The quantitative estimate of drug-likeness (QED) is 0.852. The molecule has 100 valence electrons. The summed E-state index contributed by atoms with van der Waals surface area (Å²) in [4.78, 5) is 1.10. The fraction of sp³-hybridized carbons (Fsp3) is 0.571. The number of thioether (sulfide) groups is 1. The van der Waals surface area contributed by atoms with Gasteiger partial charge in [0.05, 0.1) is 5.60 Å². The summed E-state index contributed by atoms with van der Waals surface area (Å²) in [6.07, 6.45) is 0. The Morgan fingerprint density at radius 2 is 1.94 bits per heavy atom. The van der Waals surface area contributed by atoms with E-state index in [-0.39, 0.29) is 5.92 Å². The molecule has 0 aliphatic carbocycles. The van der Waals surface area contributed by atoms with Crippen molar-refractivity contribution in [2.24, 2.45) is 5.92 Å². The number of ether oxygens (including phenoxy) is 2. The normalized spacial score (nSPS) is 17.6. The third-order valence-corrected chi connectivity index (χ3v) is 4.60. The lowest BCUT2D eigenvalue weighted by atomic mass is 9.95. The van der Waals surface area contributed by atoms with Crippen LogP contribution in [0.3, 0.4) is 0 Å². The maximum atomic E-state index is 10.2. The van der Waals surface area contributed by atoms with E-state index in [1.807, 2.05) is 39.0 Å². The number of hydrogen-bond donors (Lipinski definition) is 1. The first-order chi connectivity index (χ1) is 8.49. The number of hydrogen-bond acceptors (Lipinski definition) is 4. The Balaban J connectivity index is 2.02. The minimum Gasteiger partial charge on any atom is -0.486 e. The summed E-state index contributed by atoms with van der Waals surface area (Å²) in [5.74, 6) is 2.52. The average Bonchev–Trinajstić information content (AvgIpc) is 2.36. The van der Waals surface area contributed by atoms with Gasteiger partial charge in [0.1, 0.15) is 13.2 Å². The van der Waals surface area contributed by atoms with Gasteiger partial charge in [0, 0.05) is 10.6 Å². The van der Waals surface area contributed by atoms with Crippen LogP contribution in [0.15, 0.2) is 23.1 Å². The molecule has 1 aromatic rings. The van der Waals surface area contributed by atoms with Crippen LogP contribution in [0, 0.1) is 5.92 Å². The van der Waals surface area contributed by atoms with Crippen LogP contribution in [0.5, 0.6) is 11.5 Å². The summed E-state index contributed by atoms with van der Waals surface area (Å²) in [5, 5.41) is 10.2. The van der Waals surface area contributed by atoms with Crippen molar-refractivity contribution in [2.75, 3.05) is 19.0 Å². The molecule has 3 nitrogen and oxygen atoms in total. The summed E-state index contributed by atoms with van der Waals surface area (Å²) in [6, 6.07) is 5.92. The van der Waals surface area contributed by atoms with Gasteiger partial charge in [-0.25, -0.2) is 0 Å². The van der Waals surface area contributed by atoms with E-state index in [0.717, 1.165) is 16.4 Å². The van der Waals surface area contributed by atoms with Crippen molar-refractivity contribution in [1.29, 1.82) is 0 Å². The number of aliphatic hydroxyl groups is 1. The van der Waals surface area contributed by atoms with E-state index in [0.29, 0.717) is 19.0 Å². The molecule has 1 heterocycles. The van der Waals surface area contributed by atoms with Gasteiger partial charge >= 0.3 is 0 Å². The Kier molecular flexibility index (Phi) is 4.07. The maximum absolute atomic E-state index is 10.2. The summed E-state index contributed by atoms with van der Waals surface area (Å²) in [5.41, 5.74) is -0.655. The third-order valence-electron chi connectivity index (χ3n) is 3.29. The lowest BCUT2D eigenvalue weighted by Crippen LogP contribution is -2.33. The van der Waals surface area contributed by atoms with Crippen LogP contribution < -0.4 is 9.47 Å². The molecule has 0 bridgehead atoms. The van der Waals surface area contributed by atoms with E-state index in [1.165, 1.54) is 0 Å². The van der Waals surface area contributed by atoms with Crippen LogP contribution in [0.1, 0.15) is 20.8 Å². The van der Waals surface area contributed by atoms with Crippen LogP contribution in [0.4, 0.5) is 0 Å². The van der Waals surface area contributed by atoms with Gasteiger partial charge < -0.3 is 14.6 Å². The van der Waals surface area contributed by atoms with Gasteiger partial charge in [-0.15, -0.1) is 11.8 Å². The molecule has 1 N–H and O–H groups in total. The molecular weight excluding hydrogens is 248 g/mol. The van der Waals surface area contributed by atoms with Crippen LogP contribution in [0.2, 0.25) is 0 Å². The van der Waals surface area contributed by atoms with E-state index in [2.05, 4.69) is 0 Å². The Hall–Kier alpha value is -0.870. The van der Waals surface area contributed by atoms with Crippen molar-refractivity contribution < 1.29 is 14.6 Å². The van der Waals surface area contributed by atoms with E-state index >= 15 is 0 Å². The molecule has 0 amide bonds. The highest BCUT2D eigenvalue weighted by molar-refractivity contribution is 7.99. The van der Waals surface area contributed by atoms with Gasteiger partial charge in [-0.05, 0) is 31.0 Å². The van der Waals surface area contributed by atoms with Crippen molar-refractivity contribution in [2.45, 2.75) is 31.3 Å². The lowest BCUT2D eigenvalue weighted by Gasteiger charge is -2.27. The minimum absolute atomic E-state index is 0.238. The number of rotatable bonds is 4. The molecule has 18 heavy (non-hydrogen) atoms. The second-order valence-corrected chi connectivity index (χ2v) is 6.15. The zero-order chi connectivity index (χ0) is 13.2. The Labute approximate surface area is 112 Å². The second-order valence-electron chi connectivity index (χ2n) is 5.11. The van der Waals surface area contributed by atoms with E-state index in [9.17, 15) is 5.11 Å². The summed E-state index contributed by atoms with van der Waals surface area (Å²) in [7, 11) is 0. The van der Waals surface area contributed by atoms with Crippen molar-refractivity contribution in [3.05, 3.63) is 18.2 Å². The van der Waals surface area contributed by atoms with Gasteiger partial charge in [0.2, 0.25) is 0 Å². The average molecular weight is 268 g/mol. The van der Waals surface area contributed by atoms with Gasteiger partial charge in [0.25, 0.3) is 0 Å². The molecule has 1 aliphatic rings. The molecule has 0 aromatic heterocycles. The fourth-order valence-corrected chi connectivity index (χ4v) is 2.66. The van der Waals surface area contributed by atoms with E-state index in [4.69, 9.17) is 9.47 Å². The van der Waals surface area contributed by atoms with Crippen LogP contribution in [-0.2, 0) is 0 Å². The molecule has 0 radical (unpaired) electrons. The molecule has 2 rings (SSSR count). The SMILES string of the molecule is CC(C)C(C)(O)CSc1ccc2c(c1)OCCO2. The number of benzene rings is 1. The van der Waals surface area contributed by atoms with Gasteiger partial charge in [-0.3, -0.25) is 0 Å². The summed E-state index contributed by atoms with van der Waals surface area (Å²) in [6.45, 7) is 7.16. The van der Waals surface area contributed by atoms with E-state index < -0.39 is 5.60 Å². The van der Waals surface area contributed by atoms with Gasteiger partial charge in [0.15, 0.2) is 11.5 Å². The Morgan fingerprint density at radius 3 is 2.61 bits per heavy atom. The molecule has 1 unspecified atom stereocenters. The summed E-state index contributed by atoms with van der Waals surface area (Å²) < 4.78 is 11.0. The van der Waals surface area contributed by atoms with Crippen LogP contribution in [-0.4, -0.2) is 29.7 Å². The third kappa shape index (κ3) is 3.12. The predicted octanol–water partition coefficient (Wildman–Crippen LogP) is 2.96. The summed E-state index contributed by atoms with van der Waals surface area (Å²) >= 11 is 1.64. The molecule has 1 atom stereocenters. The first kappa shape index (κ1) is 13.6.